The summed E-state index contributed by atoms with van der Waals surface area (Å²) in [5, 5.41) is 9.26. The van der Waals surface area contributed by atoms with Crippen molar-refractivity contribution in [1.82, 2.24) is 9.97 Å². The second kappa shape index (κ2) is 7.82. The van der Waals surface area contributed by atoms with Gasteiger partial charge in [0, 0.05) is 13.2 Å². The average Bonchev–Trinajstić information content (AvgIpc) is 2.67. The molecule has 0 aliphatic heterocycles. The Morgan fingerprint density at radius 2 is 1.89 bits per heavy atom. The Morgan fingerprint density at radius 1 is 1.19 bits per heavy atom. The number of aromatic nitrogens is 2. The summed E-state index contributed by atoms with van der Waals surface area (Å²) < 4.78 is 46.2. The Hall–Kier alpha value is -2.82. The molecule has 142 valence electrons. The van der Waals surface area contributed by atoms with Crippen LogP contribution in [-0.2, 0) is 6.18 Å². The lowest BCUT2D eigenvalue weighted by atomic mass is 9.98. The minimum atomic E-state index is -4.63. The van der Waals surface area contributed by atoms with Gasteiger partial charge in [0.15, 0.2) is 5.82 Å². The molecule has 0 N–H and O–H groups in total. The molecular formula is C19H19F3N4O. The van der Waals surface area contributed by atoms with Gasteiger partial charge in [0.1, 0.15) is 17.7 Å². The lowest BCUT2D eigenvalue weighted by Gasteiger charge is -2.25. The first kappa shape index (κ1) is 19.0. The molecule has 8 heteroatoms. The smallest absolute Gasteiger partial charge is 0.421 e. The molecule has 0 atom stereocenters. The lowest BCUT2D eigenvalue weighted by molar-refractivity contribution is -0.137. The number of anilines is 2. The summed E-state index contributed by atoms with van der Waals surface area (Å²) in [6, 6.07) is 8.33. The molecule has 1 aromatic heterocycles. The Morgan fingerprint density at radius 3 is 2.56 bits per heavy atom. The molecule has 0 radical (unpaired) electrons. The molecule has 1 aliphatic carbocycles. The number of para-hydroxylation sites is 1. The van der Waals surface area contributed by atoms with Crippen molar-refractivity contribution in [2.75, 3.05) is 11.9 Å². The number of benzene rings is 1. The molecule has 0 spiro atoms. The monoisotopic (exact) mass is 376 g/mol. The lowest BCUT2D eigenvalue weighted by Crippen LogP contribution is -2.23. The van der Waals surface area contributed by atoms with Crippen LogP contribution < -0.4 is 9.64 Å². The Labute approximate surface area is 155 Å². The van der Waals surface area contributed by atoms with Crippen LogP contribution in [-0.4, -0.2) is 23.1 Å². The molecule has 0 unspecified atom stereocenters. The zero-order valence-corrected chi connectivity index (χ0v) is 14.8. The third-order valence-electron chi connectivity index (χ3n) is 4.58. The summed E-state index contributed by atoms with van der Waals surface area (Å²) in [5.41, 5.74) is -0.400. The molecule has 2 aromatic rings. The van der Waals surface area contributed by atoms with Crippen LogP contribution in [0.2, 0.25) is 0 Å². The van der Waals surface area contributed by atoms with Crippen LogP contribution in [0.5, 0.6) is 6.01 Å². The van der Waals surface area contributed by atoms with E-state index in [-0.39, 0.29) is 23.5 Å². The van der Waals surface area contributed by atoms with Gasteiger partial charge in [-0.25, -0.2) is 4.98 Å². The van der Waals surface area contributed by atoms with Gasteiger partial charge in [-0.2, -0.15) is 23.4 Å². The first-order valence-electron chi connectivity index (χ1n) is 8.74. The van der Waals surface area contributed by atoms with Crippen LogP contribution >= 0.6 is 0 Å². The minimum absolute atomic E-state index is 0.0776. The number of nitrogens with zero attached hydrogens (tertiary/aromatic N) is 4. The second-order valence-electron chi connectivity index (χ2n) is 6.45. The van der Waals surface area contributed by atoms with E-state index in [2.05, 4.69) is 9.97 Å². The van der Waals surface area contributed by atoms with E-state index in [1.807, 2.05) is 6.07 Å². The molecule has 0 saturated heterocycles. The number of alkyl halides is 3. The molecule has 1 aliphatic rings. The normalized spacial score (nSPS) is 15.2. The molecule has 27 heavy (non-hydrogen) atoms. The van der Waals surface area contributed by atoms with Gasteiger partial charge in [-0.05, 0) is 37.8 Å². The van der Waals surface area contributed by atoms with Crippen LogP contribution in [0.3, 0.4) is 0 Å². The van der Waals surface area contributed by atoms with Crippen LogP contribution in [0.4, 0.5) is 24.7 Å². The Kier molecular flexibility index (Phi) is 5.49. The fourth-order valence-corrected chi connectivity index (χ4v) is 3.18. The number of halogens is 3. The highest BCUT2D eigenvalue weighted by atomic mass is 19.4. The Balaban J connectivity index is 1.99. The van der Waals surface area contributed by atoms with Gasteiger partial charge in [-0.1, -0.05) is 18.6 Å². The van der Waals surface area contributed by atoms with Crippen molar-refractivity contribution in [3.63, 3.8) is 0 Å². The highest BCUT2D eigenvalue weighted by Gasteiger charge is 2.37. The quantitative estimate of drug-likeness (QED) is 0.764. The molecule has 3 rings (SSSR count). The van der Waals surface area contributed by atoms with Crippen molar-refractivity contribution in [3.05, 3.63) is 41.6 Å². The molecule has 0 bridgehead atoms. The first-order valence-corrected chi connectivity index (χ1v) is 8.74. The summed E-state index contributed by atoms with van der Waals surface area (Å²) in [6.07, 6.45) is 0.883. The second-order valence-corrected chi connectivity index (χ2v) is 6.45. The van der Waals surface area contributed by atoms with Crippen molar-refractivity contribution in [3.8, 4) is 12.1 Å². The Bertz CT molecular complexity index is 842. The van der Waals surface area contributed by atoms with Crippen LogP contribution in [0.25, 0.3) is 0 Å². The summed E-state index contributed by atoms with van der Waals surface area (Å²) in [7, 11) is 1.44. The first-order chi connectivity index (χ1) is 12.9. The third kappa shape index (κ3) is 4.30. The van der Waals surface area contributed by atoms with E-state index in [0.717, 1.165) is 38.3 Å². The molecule has 1 saturated carbocycles. The van der Waals surface area contributed by atoms with Crippen LogP contribution in [0.15, 0.2) is 30.5 Å². The molecular weight excluding hydrogens is 357 g/mol. The van der Waals surface area contributed by atoms with Crippen LogP contribution in [0.1, 0.15) is 43.2 Å². The maximum Gasteiger partial charge on any atom is 0.421 e. The van der Waals surface area contributed by atoms with Crippen molar-refractivity contribution in [2.45, 2.75) is 44.4 Å². The number of ether oxygens (including phenoxy) is 1. The highest BCUT2D eigenvalue weighted by Crippen LogP contribution is 2.38. The predicted octanol–water partition coefficient (Wildman–Crippen LogP) is 4.85. The van der Waals surface area contributed by atoms with Gasteiger partial charge in [-0.3, -0.25) is 0 Å². The van der Waals surface area contributed by atoms with Gasteiger partial charge < -0.3 is 9.64 Å². The summed E-state index contributed by atoms with van der Waals surface area (Å²) in [4.78, 5) is 9.07. The van der Waals surface area contributed by atoms with E-state index in [1.165, 1.54) is 11.9 Å². The maximum absolute atomic E-state index is 13.5. The van der Waals surface area contributed by atoms with Gasteiger partial charge in [0.25, 0.3) is 0 Å². The fraction of sp³-hybridized carbons (Fsp3) is 0.421. The molecule has 1 heterocycles. The van der Waals surface area contributed by atoms with E-state index in [0.29, 0.717) is 5.69 Å². The van der Waals surface area contributed by atoms with E-state index >= 15 is 0 Å². The molecule has 5 nitrogen and oxygen atoms in total. The summed E-state index contributed by atoms with van der Waals surface area (Å²) >= 11 is 0. The number of hydrogen-bond acceptors (Lipinski definition) is 5. The number of rotatable bonds is 4. The summed E-state index contributed by atoms with van der Waals surface area (Å²) in [6.45, 7) is 0. The van der Waals surface area contributed by atoms with Crippen molar-refractivity contribution >= 4 is 11.5 Å². The molecule has 1 fully saturated rings. The zero-order chi connectivity index (χ0) is 19.4. The predicted molar refractivity (Wildman–Crippen MR) is 93.8 cm³/mol. The van der Waals surface area contributed by atoms with E-state index in [1.54, 1.807) is 24.3 Å². The standard InChI is InChI=1S/C19H19F3N4O/c1-26(16-10-6-5-7-13(16)11-23)17-15(19(20,21)22)12-24-18(25-17)27-14-8-3-2-4-9-14/h5-7,10,12,14H,2-4,8-9H2,1H3. The van der Waals surface area contributed by atoms with E-state index in [4.69, 9.17) is 4.74 Å². The van der Waals surface area contributed by atoms with Crippen molar-refractivity contribution in [2.24, 2.45) is 0 Å². The molecule has 0 amide bonds. The zero-order valence-electron chi connectivity index (χ0n) is 14.8. The van der Waals surface area contributed by atoms with Gasteiger partial charge in [0.05, 0.1) is 11.3 Å². The van der Waals surface area contributed by atoms with Crippen LogP contribution in [0, 0.1) is 11.3 Å². The van der Waals surface area contributed by atoms with Crippen molar-refractivity contribution < 1.29 is 17.9 Å². The average molecular weight is 376 g/mol. The number of nitriles is 1. The topological polar surface area (TPSA) is 62.0 Å². The van der Waals surface area contributed by atoms with E-state index < -0.39 is 11.7 Å². The van der Waals surface area contributed by atoms with Crippen molar-refractivity contribution in [1.29, 1.82) is 5.26 Å². The van der Waals surface area contributed by atoms with E-state index in [9.17, 15) is 18.4 Å². The largest absolute Gasteiger partial charge is 0.460 e. The maximum atomic E-state index is 13.5. The van der Waals surface area contributed by atoms with Gasteiger partial charge >= 0.3 is 12.2 Å². The fourth-order valence-electron chi connectivity index (χ4n) is 3.18. The minimum Gasteiger partial charge on any atom is -0.460 e. The van der Waals surface area contributed by atoms with Gasteiger partial charge in [0.2, 0.25) is 0 Å². The highest BCUT2D eigenvalue weighted by molar-refractivity contribution is 5.68. The summed E-state index contributed by atoms with van der Waals surface area (Å²) in [5.74, 6) is -0.342. The number of hydrogen-bond donors (Lipinski definition) is 0. The van der Waals surface area contributed by atoms with Gasteiger partial charge in [-0.15, -0.1) is 0 Å². The molecule has 1 aromatic carbocycles. The third-order valence-corrected chi connectivity index (χ3v) is 4.58. The SMILES string of the molecule is CN(c1ccccc1C#N)c1nc(OC2CCCCC2)ncc1C(F)(F)F.